The molecule has 0 unspecified atom stereocenters. The third kappa shape index (κ3) is 4.92. The van der Waals surface area contributed by atoms with E-state index in [4.69, 9.17) is 0 Å². The molecule has 3 heteroatoms. The zero-order chi connectivity index (χ0) is 5.21. The van der Waals surface area contributed by atoms with E-state index in [0.29, 0.717) is 0 Å². The molecule has 0 N–H and O–H groups in total. The van der Waals surface area contributed by atoms with E-state index in [1.165, 1.54) is 0 Å². The highest BCUT2D eigenvalue weighted by atomic mass is 79.9. The Morgan fingerprint density at radius 3 is 1.83 bits per heavy atom. The van der Waals surface area contributed by atoms with E-state index >= 15 is 0 Å². The summed E-state index contributed by atoms with van der Waals surface area (Å²) in [7, 11) is 1.55. The predicted molar refractivity (Wildman–Crippen MR) is 33.0 cm³/mol. The van der Waals surface area contributed by atoms with Gasteiger partial charge in [0, 0.05) is 14.0 Å². The largest absolute Gasteiger partial charge is 0.357 e. The topological polar surface area (TPSA) is 9.23 Å². The van der Waals surface area contributed by atoms with Gasteiger partial charge in [-0.3, -0.25) is 0 Å². The molecule has 37 valence electrons. The molecule has 0 bridgehead atoms. The van der Waals surface area contributed by atoms with E-state index in [2.05, 4.69) is 43.5 Å². The summed E-state index contributed by atoms with van der Waals surface area (Å²) in [6.07, 6.45) is 0. The van der Waals surface area contributed by atoms with Crippen LogP contribution >= 0.6 is 31.9 Å². The molecule has 0 aromatic carbocycles. The van der Waals surface area contributed by atoms with E-state index in [9.17, 15) is 0 Å². The van der Waals surface area contributed by atoms with Crippen molar-refractivity contribution in [3.8, 4) is 0 Å². The van der Waals surface area contributed by atoms with Crippen molar-refractivity contribution in [2.75, 3.05) is 7.11 Å². The molecule has 1 nitrogen and oxygen atoms in total. The number of rotatable bonds is 1. The van der Waals surface area contributed by atoms with Gasteiger partial charge in [0.25, 0.3) is 0 Å². The normalized spacial score (nSPS) is 12.0. The first-order chi connectivity index (χ1) is 2.56. The van der Waals surface area contributed by atoms with Gasteiger partial charge in [0.2, 0.25) is 0 Å². The molecule has 0 amide bonds. The van der Waals surface area contributed by atoms with E-state index in [0.717, 1.165) is 0 Å². The van der Waals surface area contributed by atoms with Gasteiger partial charge in [-0.15, -0.1) is 0 Å². The highest BCUT2D eigenvalue weighted by Gasteiger charge is 2.10. The molecule has 0 heterocycles. The second kappa shape index (κ2) is 2.28. The molecule has 0 aliphatic heterocycles. The lowest BCUT2D eigenvalue weighted by atomic mass is 10.9. The lowest BCUT2D eigenvalue weighted by Gasteiger charge is -2.08. The summed E-state index contributed by atoms with van der Waals surface area (Å²) in [5, 5.41) is 0. The van der Waals surface area contributed by atoms with Crippen LogP contribution in [0.3, 0.4) is 0 Å². The average molecular weight is 217 g/mol. The Kier molecular flexibility index (Phi) is 2.63. The SMILES string of the molecule is [CH2]C(Br)(Br)OC. The van der Waals surface area contributed by atoms with E-state index in [-0.39, 0.29) is 0 Å². The number of ether oxygens (including phenoxy) is 1. The van der Waals surface area contributed by atoms with Crippen molar-refractivity contribution in [2.24, 2.45) is 0 Å². The minimum absolute atomic E-state index is 0.583. The fourth-order valence-corrected chi connectivity index (χ4v) is 0. The molecule has 0 aliphatic rings. The fourth-order valence-electron chi connectivity index (χ4n) is 0. The van der Waals surface area contributed by atoms with Gasteiger partial charge in [-0.1, -0.05) is 0 Å². The lowest BCUT2D eigenvalue weighted by Crippen LogP contribution is -2.05. The van der Waals surface area contributed by atoms with Crippen molar-refractivity contribution in [2.45, 2.75) is 3.42 Å². The molecule has 0 spiro atoms. The summed E-state index contributed by atoms with van der Waals surface area (Å²) in [4.78, 5) is 0. The fraction of sp³-hybridized carbons (Fsp3) is 0.667. The van der Waals surface area contributed by atoms with Gasteiger partial charge in [-0.25, -0.2) is 0 Å². The highest BCUT2D eigenvalue weighted by molar-refractivity contribution is 9.25. The molecule has 0 saturated carbocycles. The average Bonchev–Trinajstić information content (AvgIpc) is 1.35. The Bertz CT molecular complexity index is 38.5. The van der Waals surface area contributed by atoms with E-state index in [1.54, 1.807) is 7.11 Å². The van der Waals surface area contributed by atoms with Crippen molar-refractivity contribution < 1.29 is 4.74 Å². The highest BCUT2D eigenvalue weighted by Crippen LogP contribution is 2.23. The van der Waals surface area contributed by atoms with E-state index in [1.807, 2.05) is 0 Å². The standard InChI is InChI=1S/C3H5Br2O/c1-3(4,5)6-2/h1H2,2H3. The van der Waals surface area contributed by atoms with Crippen molar-refractivity contribution in [3.05, 3.63) is 6.92 Å². The second-order valence-electron chi connectivity index (χ2n) is 0.841. The Balaban J connectivity index is 3.17. The monoisotopic (exact) mass is 215 g/mol. The zero-order valence-electron chi connectivity index (χ0n) is 3.37. The van der Waals surface area contributed by atoms with Gasteiger partial charge in [0.15, 0.2) is 3.42 Å². The molecule has 1 radical (unpaired) electrons. The van der Waals surface area contributed by atoms with Gasteiger partial charge < -0.3 is 4.74 Å². The molecule has 0 aromatic heterocycles. The van der Waals surface area contributed by atoms with Crippen molar-refractivity contribution in [1.29, 1.82) is 0 Å². The van der Waals surface area contributed by atoms with Crippen LogP contribution in [0.25, 0.3) is 0 Å². The third-order valence-electron chi connectivity index (χ3n) is 0.299. The second-order valence-corrected chi connectivity index (χ2v) is 4.47. The van der Waals surface area contributed by atoms with Crippen LogP contribution in [0.15, 0.2) is 0 Å². The molecule has 6 heavy (non-hydrogen) atoms. The van der Waals surface area contributed by atoms with Crippen LogP contribution in [0.2, 0.25) is 0 Å². The minimum atomic E-state index is -0.583. The summed E-state index contributed by atoms with van der Waals surface area (Å²) in [5.41, 5.74) is 0. The van der Waals surface area contributed by atoms with E-state index < -0.39 is 3.42 Å². The Morgan fingerprint density at radius 2 is 1.83 bits per heavy atom. The predicted octanol–water partition coefficient (Wildman–Crippen LogP) is 1.91. The van der Waals surface area contributed by atoms with Gasteiger partial charge in [-0.05, 0) is 31.9 Å². The number of alkyl halides is 2. The number of hydrogen-bond acceptors (Lipinski definition) is 1. The molecule has 0 atom stereocenters. The molecular weight excluding hydrogens is 212 g/mol. The van der Waals surface area contributed by atoms with Gasteiger partial charge in [-0.2, -0.15) is 0 Å². The molecule has 0 fully saturated rings. The minimum Gasteiger partial charge on any atom is -0.357 e. The van der Waals surface area contributed by atoms with Crippen LogP contribution in [-0.4, -0.2) is 10.5 Å². The third-order valence-corrected chi connectivity index (χ3v) is 0.946. The maximum absolute atomic E-state index is 4.66. The number of methoxy groups -OCH3 is 1. The van der Waals surface area contributed by atoms with Gasteiger partial charge >= 0.3 is 0 Å². The molecule has 0 aliphatic carbocycles. The van der Waals surface area contributed by atoms with Crippen LogP contribution in [0.5, 0.6) is 0 Å². The van der Waals surface area contributed by atoms with Crippen molar-refractivity contribution in [1.82, 2.24) is 0 Å². The van der Waals surface area contributed by atoms with Crippen LogP contribution in [0.1, 0.15) is 0 Å². The maximum atomic E-state index is 4.66. The summed E-state index contributed by atoms with van der Waals surface area (Å²) >= 11 is 6.12. The van der Waals surface area contributed by atoms with Crippen molar-refractivity contribution >= 4 is 31.9 Å². The first-order valence-electron chi connectivity index (χ1n) is 1.34. The first kappa shape index (κ1) is 6.92. The van der Waals surface area contributed by atoms with Crippen LogP contribution in [0.4, 0.5) is 0 Å². The first-order valence-corrected chi connectivity index (χ1v) is 2.93. The van der Waals surface area contributed by atoms with Crippen LogP contribution < -0.4 is 0 Å². The summed E-state index contributed by atoms with van der Waals surface area (Å²) in [6, 6.07) is 0. The molecule has 0 rings (SSSR count). The summed E-state index contributed by atoms with van der Waals surface area (Å²) in [6.45, 7) is 3.50. The molecular formula is C3H5Br2O. The number of halogens is 2. The quantitative estimate of drug-likeness (QED) is 0.609. The van der Waals surface area contributed by atoms with Gasteiger partial charge in [0.05, 0.1) is 0 Å². The summed E-state index contributed by atoms with van der Waals surface area (Å²) in [5.74, 6) is 0. The Labute approximate surface area is 54.3 Å². The smallest absolute Gasteiger partial charge is 0.177 e. The van der Waals surface area contributed by atoms with Crippen LogP contribution in [0, 0.1) is 6.92 Å². The maximum Gasteiger partial charge on any atom is 0.177 e. The Hall–Kier alpha value is 0.920. The molecule has 0 aromatic rings. The summed E-state index contributed by atoms with van der Waals surface area (Å²) < 4.78 is 4.08. The lowest BCUT2D eigenvalue weighted by molar-refractivity contribution is 0.191. The number of hydrogen-bond donors (Lipinski definition) is 0. The van der Waals surface area contributed by atoms with Gasteiger partial charge in [0.1, 0.15) is 0 Å². The van der Waals surface area contributed by atoms with Crippen molar-refractivity contribution in [3.63, 3.8) is 0 Å². The zero-order valence-corrected chi connectivity index (χ0v) is 6.54. The molecule has 0 saturated heterocycles. The Morgan fingerprint density at radius 1 is 1.67 bits per heavy atom. The van der Waals surface area contributed by atoms with Crippen LogP contribution in [-0.2, 0) is 4.74 Å².